The van der Waals surface area contributed by atoms with Crippen LogP contribution in [0.15, 0.2) is 0 Å². The second-order valence-corrected chi connectivity index (χ2v) is 5.75. The average Bonchev–Trinajstić information content (AvgIpc) is 2.40. The van der Waals surface area contributed by atoms with Crippen molar-refractivity contribution in [2.75, 3.05) is 39.4 Å². The van der Waals surface area contributed by atoms with E-state index in [4.69, 9.17) is 21.1 Å². The summed E-state index contributed by atoms with van der Waals surface area (Å²) in [5.74, 6) is 1.59. The van der Waals surface area contributed by atoms with Crippen molar-refractivity contribution in [3.05, 3.63) is 0 Å². The molecule has 0 bridgehead atoms. The Bertz CT molecular complexity index is 206. The first-order valence-corrected chi connectivity index (χ1v) is 7.63. The van der Waals surface area contributed by atoms with Gasteiger partial charge in [0.1, 0.15) is 0 Å². The number of nitrogens with one attached hydrogen (secondary N) is 1. The van der Waals surface area contributed by atoms with Gasteiger partial charge in [-0.1, -0.05) is 6.92 Å². The second kappa shape index (κ2) is 9.13. The van der Waals surface area contributed by atoms with Gasteiger partial charge in [0.25, 0.3) is 0 Å². The van der Waals surface area contributed by atoms with E-state index in [1.165, 1.54) is 25.7 Å². The fraction of sp³-hybridized carbons (Fsp3) is 1.00. The van der Waals surface area contributed by atoms with Gasteiger partial charge < -0.3 is 14.8 Å². The van der Waals surface area contributed by atoms with Crippen LogP contribution < -0.4 is 5.32 Å². The van der Waals surface area contributed by atoms with Gasteiger partial charge in [-0.3, -0.25) is 0 Å². The van der Waals surface area contributed by atoms with E-state index in [9.17, 15) is 0 Å². The van der Waals surface area contributed by atoms with Crippen molar-refractivity contribution in [1.29, 1.82) is 0 Å². The Labute approximate surface area is 117 Å². The molecule has 4 heteroatoms. The highest BCUT2D eigenvalue weighted by molar-refractivity contribution is 6.18. The molecule has 0 spiro atoms. The summed E-state index contributed by atoms with van der Waals surface area (Å²) < 4.78 is 10.4. The third-order valence-corrected chi connectivity index (χ3v) is 4.40. The molecule has 3 nitrogen and oxygen atoms in total. The maximum absolute atomic E-state index is 6.16. The fourth-order valence-electron chi connectivity index (χ4n) is 2.44. The molecule has 18 heavy (non-hydrogen) atoms. The highest BCUT2D eigenvalue weighted by atomic mass is 35.5. The summed E-state index contributed by atoms with van der Waals surface area (Å²) in [4.78, 5) is 0. The Hall–Kier alpha value is 0.170. The van der Waals surface area contributed by atoms with Gasteiger partial charge in [-0.05, 0) is 44.6 Å². The average molecular weight is 278 g/mol. The molecule has 0 heterocycles. The molecule has 0 saturated heterocycles. The van der Waals surface area contributed by atoms with E-state index in [0.717, 1.165) is 31.4 Å². The summed E-state index contributed by atoms with van der Waals surface area (Å²) in [6.45, 7) is 5.49. The van der Waals surface area contributed by atoms with Crippen LogP contribution in [0, 0.1) is 5.92 Å². The molecule has 1 N–H and O–H groups in total. The smallest absolute Gasteiger partial charge is 0.0700 e. The third-order valence-electron chi connectivity index (χ3n) is 3.88. The predicted octanol–water partition coefficient (Wildman–Crippen LogP) is 2.82. The second-order valence-electron chi connectivity index (χ2n) is 5.48. The molecule has 0 aromatic carbocycles. The Morgan fingerprint density at radius 3 is 2.56 bits per heavy atom. The zero-order valence-electron chi connectivity index (χ0n) is 11.8. The first kappa shape index (κ1) is 16.2. The summed E-state index contributed by atoms with van der Waals surface area (Å²) in [6, 6.07) is 0. The standard InChI is InChI=1S/C14H28ClNO2/c1-13-4-6-14(12-15,7-5-13)16-8-3-9-18-11-10-17-2/h13,16H,3-12H2,1-2H3. The van der Waals surface area contributed by atoms with Gasteiger partial charge in [-0.15, -0.1) is 11.6 Å². The van der Waals surface area contributed by atoms with Crippen molar-refractivity contribution in [3.63, 3.8) is 0 Å². The molecule has 0 atom stereocenters. The van der Waals surface area contributed by atoms with Gasteiger partial charge in [0.15, 0.2) is 0 Å². The van der Waals surface area contributed by atoms with Crippen LogP contribution in [0.25, 0.3) is 0 Å². The fourth-order valence-corrected chi connectivity index (χ4v) is 2.81. The van der Waals surface area contributed by atoms with Gasteiger partial charge in [0, 0.05) is 25.1 Å². The van der Waals surface area contributed by atoms with Crippen molar-refractivity contribution in [2.24, 2.45) is 5.92 Å². The van der Waals surface area contributed by atoms with E-state index < -0.39 is 0 Å². The molecule has 1 rings (SSSR count). The molecule has 1 saturated carbocycles. The molecule has 0 aromatic heterocycles. The van der Waals surface area contributed by atoms with Crippen molar-refractivity contribution in [3.8, 4) is 0 Å². The molecule has 1 fully saturated rings. The monoisotopic (exact) mass is 277 g/mol. The Kier molecular flexibility index (Phi) is 8.23. The summed E-state index contributed by atoms with van der Waals surface area (Å²) in [5.41, 5.74) is 0.181. The quantitative estimate of drug-likeness (QED) is 0.519. The number of rotatable bonds is 9. The largest absolute Gasteiger partial charge is 0.382 e. The van der Waals surface area contributed by atoms with E-state index in [2.05, 4.69) is 12.2 Å². The van der Waals surface area contributed by atoms with Crippen LogP contribution >= 0.6 is 11.6 Å². The summed E-state index contributed by atoms with van der Waals surface area (Å²) in [6.07, 6.45) is 6.05. The number of halogens is 1. The lowest BCUT2D eigenvalue weighted by atomic mass is 9.78. The van der Waals surface area contributed by atoms with E-state index >= 15 is 0 Å². The number of hydrogen-bond donors (Lipinski definition) is 1. The van der Waals surface area contributed by atoms with Crippen molar-refractivity contribution in [2.45, 2.75) is 44.6 Å². The zero-order valence-corrected chi connectivity index (χ0v) is 12.6. The molecule has 0 radical (unpaired) electrons. The lowest BCUT2D eigenvalue weighted by Gasteiger charge is -2.39. The van der Waals surface area contributed by atoms with Crippen LogP contribution in [-0.4, -0.2) is 44.9 Å². The van der Waals surface area contributed by atoms with E-state index in [0.29, 0.717) is 13.2 Å². The Morgan fingerprint density at radius 1 is 1.22 bits per heavy atom. The molecule has 0 amide bonds. The molecule has 1 aliphatic carbocycles. The molecular weight excluding hydrogens is 250 g/mol. The zero-order chi connectivity index (χ0) is 13.3. The topological polar surface area (TPSA) is 30.5 Å². The van der Waals surface area contributed by atoms with Crippen LogP contribution in [0.5, 0.6) is 0 Å². The van der Waals surface area contributed by atoms with Crippen LogP contribution in [0.4, 0.5) is 0 Å². The predicted molar refractivity (Wildman–Crippen MR) is 76.4 cm³/mol. The molecule has 0 unspecified atom stereocenters. The summed E-state index contributed by atoms with van der Waals surface area (Å²) in [7, 11) is 1.69. The minimum Gasteiger partial charge on any atom is -0.382 e. The molecular formula is C14H28ClNO2. The van der Waals surface area contributed by atoms with Crippen molar-refractivity contribution in [1.82, 2.24) is 5.32 Å². The third kappa shape index (κ3) is 5.87. The minimum absolute atomic E-state index is 0.181. The summed E-state index contributed by atoms with van der Waals surface area (Å²) in [5, 5.41) is 3.65. The maximum Gasteiger partial charge on any atom is 0.0700 e. The van der Waals surface area contributed by atoms with Crippen LogP contribution in [-0.2, 0) is 9.47 Å². The van der Waals surface area contributed by atoms with E-state index in [1.807, 2.05) is 0 Å². The van der Waals surface area contributed by atoms with Crippen molar-refractivity contribution < 1.29 is 9.47 Å². The number of hydrogen-bond acceptors (Lipinski definition) is 3. The Balaban J connectivity index is 2.08. The molecule has 108 valence electrons. The van der Waals surface area contributed by atoms with Crippen LogP contribution in [0.1, 0.15) is 39.0 Å². The molecule has 0 aromatic rings. The van der Waals surface area contributed by atoms with Gasteiger partial charge in [0.05, 0.1) is 13.2 Å². The first-order chi connectivity index (χ1) is 8.72. The minimum atomic E-state index is 0.181. The molecule has 1 aliphatic rings. The van der Waals surface area contributed by atoms with Gasteiger partial charge in [0.2, 0.25) is 0 Å². The van der Waals surface area contributed by atoms with Crippen LogP contribution in [0.2, 0.25) is 0 Å². The van der Waals surface area contributed by atoms with Gasteiger partial charge >= 0.3 is 0 Å². The highest BCUT2D eigenvalue weighted by Crippen LogP contribution is 2.32. The van der Waals surface area contributed by atoms with Gasteiger partial charge in [-0.2, -0.15) is 0 Å². The lowest BCUT2D eigenvalue weighted by Crippen LogP contribution is -2.49. The summed E-state index contributed by atoms with van der Waals surface area (Å²) >= 11 is 6.16. The highest BCUT2D eigenvalue weighted by Gasteiger charge is 2.32. The van der Waals surface area contributed by atoms with E-state index in [1.54, 1.807) is 7.11 Å². The van der Waals surface area contributed by atoms with Crippen molar-refractivity contribution >= 4 is 11.6 Å². The lowest BCUT2D eigenvalue weighted by molar-refractivity contribution is 0.0682. The van der Waals surface area contributed by atoms with Gasteiger partial charge in [-0.25, -0.2) is 0 Å². The normalized spacial score (nSPS) is 28.5. The Morgan fingerprint density at radius 2 is 1.94 bits per heavy atom. The number of alkyl halides is 1. The maximum atomic E-state index is 6.16. The van der Waals surface area contributed by atoms with E-state index in [-0.39, 0.29) is 5.54 Å². The number of ether oxygens (including phenoxy) is 2. The first-order valence-electron chi connectivity index (χ1n) is 7.10. The number of methoxy groups -OCH3 is 1. The molecule has 0 aliphatic heterocycles. The SMILES string of the molecule is COCCOCCCNC1(CCl)CCC(C)CC1. The van der Waals surface area contributed by atoms with Crippen LogP contribution in [0.3, 0.4) is 0 Å².